The van der Waals surface area contributed by atoms with E-state index >= 15 is 0 Å². The van der Waals surface area contributed by atoms with Crippen LogP contribution in [-0.4, -0.2) is 26.8 Å². The summed E-state index contributed by atoms with van der Waals surface area (Å²) in [5, 5.41) is 15.5. The number of carbonyl (C=O) groups is 2. The molecule has 0 saturated heterocycles. The minimum atomic E-state index is -0.993. The minimum Gasteiger partial charge on any atom is -0.478 e. The number of hydrogen-bond acceptors (Lipinski definition) is 3. The third-order valence-corrected chi connectivity index (χ3v) is 2.78. The van der Waals surface area contributed by atoms with E-state index in [4.69, 9.17) is 5.11 Å². The molecule has 0 aliphatic heterocycles. The van der Waals surface area contributed by atoms with Gasteiger partial charge in [0.05, 0.1) is 5.56 Å². The molecule has 6 nitrogen and oxygen atoms in total. The first kappa shape index (κ1) is 12.8. The van der Waals surface area contributed by atoms with Crippen molar-refractivity contribution in [3.05, 3.63) is 47.3 Å². The highest BCUT2D eigenvalue weighted by Gasteiger charge is 2.12. The lowest BCUT2D eigenvalue weighted by atomic mass is 10.1. The number of amides is 1. The molecule has 0 saturated carbocycles. The molecule has 6 heteroatoms. The van der Waals surface area contributed by atoms with Gasteiger partial charge in [-0.05, 0) is 36.8 Å². The molecule has 19 heavy (non-hydrogen) atoms. The maximum absolute atomic E-state index is 12.0. The van der Waals surface area contributed by atoms with Crippen molar-refractivity contribution in [2.45, 2.75) is 6.92 Å². The Morgan fingerprint density at radius 2 is 2.05 bits per heavy atom. The number of aryl methyl sites for hydroxylation is 2. The fourth-order valence-electron chi connectivity index (χ4n) is 1.72. The number of carboxylic acids is 1. The van der Waals surface area contributed by atoms with Gasteiger partial charge in [-0.3, -0.25) is 9.48 Å². The summed E-state index contributed by atoms with van der Waals surface area (Å²) in [5.74, 6) is -1.28. The zero-order valence-corrected chi connectivity index (χ0v) is 10.5. The Hall–Kier alpha value is -2.63. The average Bonchev–Trinajstić information content (AvgIpc) is 2.77. The molecule has 0 aliphatic rings. The van der Waals surface area contributed by atoms with Crippen molar-refractivity contribution >= 4 is 17.6 Å². The lowest BCUT2D eigenvalue weighted by Crippen LogP contribution is -2.16. The van der Waals surface area contributed by atoms with E-state index in [1.54, 1.807) is 26.1 Å². The second-order valence-electron chi connectivity index (χ2n) is 4.13. The molecule has 1 aromatic carbocycles. The predicted octanol–water partition coefficient (Wildman–Crippen LogP) is 1.68. The van der Waals surface area contributed by atoms with Crippen molar-refractivity contribution in [1.29, 1.82) is 0 Å². The van der Waals surface area contributed by atoms with Crippen LogP contribution in [0.15, 0.2) is 30.5 Å². The highest BCUT2D eigenvalue weighted by Crippen LogP contribution is 2.17. The van der Waals surface area contributed by atoms with Gasteiger partial charge in [0.25, 0.3) is 5.91 Å². The third-order valence-electron chi connectivity index (χ3n) is 2.78. The van der Waals surface area contributed by atoms with Gasteiger partial charge < -0.3 is 10.4 Å². The van der Waals surface area contributed by atoms with Gasteiger partial charge in [0.2, 0.25) is 0 Å². The van der Waals surface area contributed by atoms with Gasteiger partial charge in [0.15, 0.2) is 0 Å². The SMILES string of the molecule is Cc1cc(C(=O)O)ccc1NC(=O)c1ccnn1C. The van der Waals surface area contributed by atoms with E-state index in [9.17, 15) is 9.59 Å². The van der Waals surface area contributed by atoms with Gasteiger partial charge in [-0.25, -0.2) is 4.79 Å². The van der Waals surface area contributed by atoms with Crippen LogP contribution in [0.4, 0.5) is 5.69 Å². The number of nitrogens with zero attached hydrogens (tertiary/aromatic N) is 2. The Morgan fingerprint density at radius 3 is 2.58 bits per heavy atom. The number of rotatable bonds is 3. The van der Waals surface area contributed by atoms with Gasteiger partial charge in [-0.1, -0.05) is 0 Å². The van der Waals surface area contributed by atoms with E-state index in [0.29, 0.717) is 16.9 Å². The second kappa shape index (κ2) is 4.93. The quantitative estimate of drug-likeness (QED) is 0.878. The summed E-state index contributed by atoms with van der Waals surface area (Å²) < 4.78 is 1.47. The number of carboxylic acid groups (broad SMARTS) is 1. The van der Waals surface area contributed by atoms with Gasteiger partial charge >= 0.3 is 5.97 Å². The Bertz CT molecular complexity index is 646. The number of benzene rings is 1. The molecule has 2 aromatic rings. The Balaban J connectivity index is 2.23. The fourth-order valence-corrected chi connectivity index (χ4v) is 1.72. The van der Waals surface area contributed by atoms with Crippen molar-refractivity contribution in [2.75, 3.05) is 5.32 Å². The molecule has 0 unspecified atom stereocenters. The summed E-state index contributed by atoms with van der Waals surface area (Å²) >= 11 is 0. The first-order valence-electron chi connectivity index (χ1n) is 5.62. The van der Waals surface area contributed by atoms with Crippen LogP contribution >= 0.6 is 0 Å². The summed E-state index contributed by atoms with van der Waals surface area (Å²) in [6.45, 7) is 1.74. The van der Waals surface area contributed by atoms with Gasteiger partial charge in [-0.2, -0.15) is 5.10 Å². The van der Waals surface area contributed by atoms with Crippen molar-refractivity contribution in [1.82, 2.24) is 9.78 Å². The highest BCUT2D eigenvalue weighted by atomic mass is 16.4. The Labute approximate surface area is 109 Å². The smallest absolute Gasteiger partial charge is 0.335 e. The van der Waals surface area contributed by atoms with Gasteiger partial charge in [-0.15, -0.1) is 0 Å². The van der Waals surface area contributed by atoms with Crippen molar-refractivity contribution < 1.29 is 14.7 Å². The molecule has 0 aliphatic carbocycles. The molecule has 2 N–H and O–H groups in total. The third kappa shape index (κ3) is 2.62. The Morgan fingerprint density at radius 1 is 1.32 bits per heavy atom. The normalized spacial score (nSPS) is 10.2. The predicted molar refractivity (Wildman–Crippen MR) is 69.3 cm³/mol. The van der Waals surface area contributed by atoms with Crippen LogP contribution in [0.25, 0.3) is 0 Å². The summed E-state index contributed by atoms with van der Waals surface area (Å²) in [5.41, 5.74) is 1.89. The molecule has 2 rings (SSSR count). The number of nitrogens with one attached hydrogen (secondary N) is 1. The molecule has 98 valence electrons. The second-order valence-corrected chi connectivity index (χ2v) is 4.13. The molecule has 1 aromatic heterocycles. The number of carbonyl (C=O) groups excluding carboxylic acids is 1. The zero-order chi connectivity index (χ0) is 14.0. The maximum atomic E-state index is 12.0. The zero-order valence-electron chi connectivity index (χ0n) is 10.5. The van der Waals surface area contributed by atoms with E-state index < -0.39 is 5.97 Å². The first-order valence-corrected chi connectivity index (χ1v) is 5.62. The molecule has 1 amide bonds. The van der Waals surface area contributed by atoms with E-state index in [1.165, 1.54) is 23.0 Å². The standard InChI is InChI=1S/C13H13N3O3/c1-8-7-9(13(18)19)3-4-10(8)15-12(17)11-5-6-14-16(11)2/h3-7H,1-2H3,(H,15,17)(H,18,19). The summed E-state index contributed by atoms with van der Waals surface area (Å²) in [6.07, 6.45) is 1.54. The molecule has 0 radical (unpaired) electrons. The lowest BCUT2D eigenvalue weighted by Gasteiger charge is -2.09. The van der Waals surface area contributed by atoms with Crippen LogP contribution in [0.3, 0.4) is 0 Å². The van der Waals surface area contributed by atoms with Crippen molar-refractivity contribution in [3.63, 3.8) is 0 Å². The highest BCUT2D eigenvalue weighted by molar-refractivity contribution is 6.03. The molecule has 0 fully saturated rings. The van der Waals surface area contributed by atoms with Crippen LogP contribution in [0.1, 0.15) is 26.4 Å². The van der Waals surface area contributed by atoms with Crippen LogP contribution in [0.5, 0.6) is 0 Å². The Kier molecular flexibility index (Phi) is 3.33. The molecule has 0 bridgehead atoms. The van der Waals surface area contributed by atoms with Crippen molar-refractivity contribution in [2.24, 2.45) is 7.05 Å². The van der Waals surface area contributed by atoms with Crippen LogP contribution in [0.2, 0.25) is 0 Å². The van der Waals surface area contributed by atoms with Crippen LogP contribution < -0.4 is 5.32 Å². The topological polar surface area (TPSA) is 84.2 Å². The summed E-state index contributed by atoms with van der Waals surface area (Å²) in [4.78, 5) is 22.8. The largest absolute Gasteiger partial charge is 0.478 e. The number of hydrogen-bond donors (Lipinski definition) is 2. The average molecular weight is 259 g/mol. The van der Waals surface area contributed by atoms with Crippen LogP contribution in [0, 0.1) is 6.92 Å². The monoisotopic (exact) mass is 259 g/mol. The minimum absolute atomic E-state index is 0.191. The molecule has 0 spiro atoms. The molecule has 0 atom stereocenters. The molecular weight excluding hydrogens is 246 g/mol. The first-order chi connectivity index (χ1) is 8.99. The number of aromatic nitrogens is 2. The van der Waals surface area contributed by atoms with E-state index in [2.05, 4.69) is 10.4 Å². The van der Waals surface area contributed by atoms with Gasteiger partial charge in [0, 0.05) is 18.9 Å². The van der Waals surface area contributed by atoms with E-state index in [-0.39, 0.29) is 11.5 Å². The number of aromatic carboxylic acids is 1. The van der Waals surface area contributed by atoms with E-state index in [0.717, 1.165) is 0 Å². The van der Waals surface area contributed by atoms with Crippen molar-refractivity contribution in [3.8, 4) is 0 Å². The van der Waals surface area contributed by atoms with Gasteiger partial charge in [0.1, 0.15) is 5.69 Å². The summed E-state index contributed by atoms with van der Waals surface area (Å²) in [6, 6.07) is 6.15. The lowest BCUT2D eigenvalue weighted by molar-refractivity contribution is 0.0696. The van der Waals surface area contributed by atoms with Crippen LogP contribution in [-0.2, 0) is 7.05 Å². The summed E-state index contributed by atoms with van der Waals surface area (Å²) in [7, 11) is 1.68. The maximum Gasteiger partial charge on any atom is 0.335 e. The molecule has 1 heterocycles. The fraction of sp³-hybridized carbons (Fsp3) is 0.154. The number of anilines is 1. The van der Waals surface area contributed by atoms with E-state index in [1.807, 2.05) is 0 Å². The molecular formula is C13H13N3O3.